The van der Waals surface area contributed by atoms with Gasteiger partial charge in [-0.2, -0.15) is 11.8 Å². The van der Waals surface area contributed by atoms with Gasteiger partial charge in [0.2, 0.25) is 5.89 Å². The molecule has 1 aliphatic heterocycles. The van der Waals surface area contributed by atoms with E-state index in [0.29, 0.717) is 18.1 Å². The fraction of sp³-hybridized carbons (Fsp3) is 0.500. The summed E-state index contributed by atoms with van der Waals surface area (Å²) in [5.41, 5.74) is 2.49. The van der Waals surface area contributed by atoms with Gasteiger partial charge in [-0.3, -0.25) is 5.41 Å². The maximum Gasteiger partial charge on any atom is 0.225 e. The largest absolute Gasteiger partial charge is 0.445 e. The van der Waals surface area contributed by atoms with E-state index in [0.717, 1.165) is 24.4 Å². The Kier molecular flexibility index (Phi) is 4.57. The number of amidine groups is 1. The molecule has 1 atom stereocenters. The van der Waals surface area contributed by atoms with Gasteiger partial charge in [-0.25, -0.2) is 4.98 Å². The van der Waals surface area contributed by atoms with Crippen LogP contribution in [0.2, 0.25) is 0 Å². The molecule has 1 aromatic heterocycles. The zero-order valence-electron chi connectivity index (χ0n) is 15.1. The summed E-state index contributed by atoms with van der Waals surface area (Å²) in [7, 11) is 0. The van der Waals surface area contributed by atoms with E-state index in [1.165, 1.54) is 18.4 Å². The summed E-state index contributed by atoms with van der Waals surface area (Å²) in [5.74, 6) is 2.27. The van der Waals surface area contributed by atoms with Crippen LogP contribution in [-0.2, 0) is 5.41 Å². The highest BCUT2D eigenvalue weighted by Gasteiger charge is 2.46. The van der Waals surface area contributed by atoms with Crippen molar-refractivity contribution >= 4 is 17.6 Å². The number of oxazole rings is 1. The Morgan fingerprint density at radius 2 is 2.08 bits per heavy atom. The SMILES string of the molecule is CC1(CO)CC(=N)N(CC2(c3ccc(-c4ncco4)cc3)CC2)CCS1. The molecule has 1 aliphatic carbocycles. The van der Waals surface area contributed by atoms with E-state index in [-0.39, 0.29) is 16.8 Å². The Morgan fingerprint density at radius 3 is 2.69 bits per heavy atom. The minimum Gasteiger partial charge on any atom is -0.445 e. The number of aliphatic hydroxyl groups is 1. The fourth-order valence-corrected chi connectivity index (χ4v) is 4.85. The number of benzene rings is 1. The summed E-state index contributed by atoms with van der Waals surface area (Å²) in [6.45, 7) is 3.97. The molecular weight excluding hydrogens is 346 g/mol. The van der Waals surface area contributed by atoms with Crippen LogP contribution in [0.4, 0.5) is 0 Å². The molecule has 0 bridgehead atoms. The highest BCUT2D eigenvalue weighted by molar-refractivity contribution is 8.00. The summed E-state index contributed by atoms with van der Waals surface area (Å²) in [6.07, 6.45) is 6.22. The number of aromatic nitrogens is 1. The van der Waals surface area contributed by atoms with Crippen molar-refractivity contribution < 1.29 is 9.52 Å². The summed E-state index contributed by atoms with van der Waals surface area (Å²) >= 11 is 1.79. The molecule has 1 aromatic carbocycles. The summed E-state index contributed by atoms with van der Waals surface area (Å²) in [4.78, 5) is 6.43. The van der Waals surface area contributed by atoms with Gasteiger partial charge in [0, 0.05) is 41.0 Å². The quantitative estimate of drug-likeness (QED) is 0.841. The molecule has 0 radical (unpaired) electrons. The van der Waals surface area contributed by atoms with Crippen LogP contribution in [0, 0.1) is 5.41 Å². The molecule has 1 unspecified atom stereocenters. The van der Waals surface area contributed by atoms with Crippen LogP contribution in [0.3, 0.4) is 0 Å². The monoisotopic (exact) mass is 371 g/mol. The molecule has 2 N–H and O–H groups in total. The van der Waals surface area contributed by atoms with E-state index >= 15 is 0 Å². The van der Waals surface area contributed by atoms with Crippen molar-refractivity contribution in [3.63, 3.8) is 0 Å². The van der Waals surface area contributed by atoms with E-state index in [9.17, 15) is 5.11 Å². The lowest BCUT2D eigenvalue weighted by molar-refractivity contribution is 0.257. The van der Waals surface area contributed by atoms with Gasteiger partial charge in [0.25, 0.3) is 0 Å². The van der Waals surface area contributed by atoms with Crippen LogP contribution in [-0.4, -0.2) is 51.0 Å². The molecule has 2 aliphatic rings. The number of rotatable bonds is 5. The van der Waals surface area contributed by atoms with Crippen LogP contribution in [0.5, 0.6) is 0 Å². The third-order valence-corrected chi connectivity index (χ3v) is 6.95. The zero-order chi connectivity index (χ0) is 18.2. The van der Waals surface area contributed by atoms with Crippen molar-refractivity contribution in [2.45, 2.75) is 36.3 Å². The van der Waals surface area contributed by atoms with Gasteiger partial charge in [0.05, 0.1) is 18.6 Å². The van der Waals surface area contributed by atoms with Crippen molar-refractivity contribution in [3.8, 4) is 11.5 Å². The van der Waals surface area contributed by atoms with E-state index in [2.05, 4.69) is 41.1 Å². The number of nitrogens with zero attached hydrogens (tertiary/aromatic N) is 2. The molecule has 4 rings (SSSR count). The lowest BCUT2D eigenvalue weighted by atomic mass is 9.93. The number of aliphatic hydroxyl groups excluding tert-OH is 1. The maximum absolute atomic E-state index is 9.66. The molecule has 2 heterocycles. The van der Waals surface area contributed by atoms with Crippen LogP contribution in [0.15, 0.2) is 41.1 Å². The molecule has 6 heteroatoms. The molecule has 1 saturated carbocycles. The van der Waals surface area contributed by atoms with Gasteiger partial charge in [-0.05, 0) is 37.5 Å². The van der Waals surface area contributed by atoms with Crippen molar-refractivity contribution in [2.75, 3.05) is 25.4 Å². The second kappa shape index (κ2) is 6.74. The topological polar surface area (TPSA) is 73.3 Å². The summed E-state index contributed by atoms with van der Waals surface area (Å²) in [6, 6.07) is 8.52. The zero-order valence-corrected chi connectivity index (χ0v) is 15.9. The van der Waals surface area contributed by atoms with Crippen LogP contribution < -0.4 is 0 Å². The second-order valence-corrected chi connectivity index (χ2v) is 9.38. The Bertz CT molecular complexity index is 771. The van der Waals surface area contributed by atoms with Gasteiger partial charge < -0.3 is 14.4 Å². The molecule has 26 heavy (non-hydrogen) atoms. The third kappa shape index (κ3) is 3.40. The average Bonchev–Trinajstić information content (AvgIpc) is 3.26. The van der Waals surface area contributed by atoms with Crippen molar-refractivity contribution in [2.24, 2.45) is 0 Å². The molecule has 0 spiro atoms. The summed E-state index contributed by atoms with van der Waals surface area (Å²) in [5, 5.41) is 18.2. The molecular formula is C20H25N3O2S. The van der Waals surface area contributed by atoms with Gasteiger partial charge in [-0.1, -0.05) is 12.1 Å². The molecule has 5 nitrogen and oxygen atoms in total. The second-order valence-electron chi connectivity index (χ2n) is 7.70. The van der Waals surface area contributed by atoms with Crippen molar-refractivity contribution in [3.05, 3.63) is 42.3 Å². The predicted molar refractivity (Wildman–Crippen MR) is 105 cm³/mol. The molecule has 138 valence electrons. The first kappa shape index (κ1) is 17.6. The maximum atomic E-state index is 9.66. The highest BCUT2D eigenvalue weighted by atomic mass is 32.2. The number of hydrogen-bond donors (Lipinski definition) is 2. The van der Waals surface area contributed by atoms with Gasteiger partial charge in [-0.15, -0.1) is 0 Å². The summed E-state index contributed by atoms with van der Waals surface area (Å²) < 4.78 is 5.15. The molecule has 2 fully saturated rings. The molecule has 1 saturated heterocycles. The van der Waals surface area contributed by atoms with E-state index in [4.69, 9.17) is 9.83 Å². The first-order valence-corrected chi connectivity index (χ1v) is 10.1. The van der Waals surface area contributed by atoms with E-state index in [1.807, 2.05) is 0 Å². The van der Waals surface area contributed by atoms with Crippen LogP contribution >= 0.6 is 11.8 Å². The highest BCUT2D eigenvalue weighted by Crippen LogP contribution is 2.49. The van der Waals surface area contributed by atoms with Gasteiger partial charge in [0.15, 0.2) is 0 Å². The molecule has 0 amide bonds. The first-order chi connectivity index (χ1) is 12.5. The minimum absolute atomic E-state index is 0.126. The third-order valence-electron chi connectivity index (χ3n) is 5.59. The minimum atomic E-state index is -0.222. The van der Waals surface area contributed by atoms with Crippen LogP contribution in [0.1, 0.15) is 31.7 Å². The van der Waals surface area contributed by atoms with Gasteiger partial charge >= 0.3 is 0 Å². The first-order valence-electron chi connectivity index (χ1n) is 9.11. The Hall–Kier alpha value is -1.79. The molecule has 2 aromatic rings. The number of hydrogen-bond acceptors (Lipinski definition) is 5. The van der Waals surface area contributed by atoms with Crippen molar-refractivity contribution in [1.29, 1.82) is 5.41 Å². The number of nitrogens with one attached hydrogen (secondary N) is 1. The lowest BCUT2D eigenvalue weighted by Gasteiger charge is -2.30. The number of thioether (sulfide) groups is 1. The van der Waals surface area contributed by atoms with Crippen LogP contribution in [0.25, 0.3) is 11.5 Å². The average molecular weight is 372 g/mol. The standard InChI is InChI=1S/C20H25N3O2S/c1-19(14-24)12-17(21)23(9-11-26-19)13-20(6-7-20)16-4-2-15(3-5-16)18-22-8-10-25-18/h2-5,8,10,21,24H,6-7,9,11-14H2,1H3. The fourth-order valence-electron chi connectivity index (χ4n) is 3.72. The van der Waals surface area contributed by atoms with E-state index < -0.39 is 0 Å². The smallest absolute Gasteiger partial charge is 0.225 e. The Morgan fingerprint density at radius 1 is 1.31 bits per heavy atom. The Balaban J connectivity index is 1.48. The lowest BCUT2D eigenvalue weighted by Crippen LogP contribution is -2.39. The Labute approximate surface area is 158 Å². The van der Waals surface area contributed by atoms with Crippen molar-refractivity contribution in [1.82, 2.24) is 9.88 Å². The van der Waals surface area contributed by atoms with E-state index in [1.54, 1.807) is 24.2 Å². The van der Waals surface area contributed by atoms with Gasteiger partial charge in [0.1, 0.15) is 6.26 Å². The predicted octanol–water partition coefficient (Wildman–Crippen LogP) is 3.54. The normalized spacial score (nSPS) is 25.2.